The summed E-state index contributed by atoms with van der Waals surface area (Å²) in [5.74, 6) is -0.268. The number of anilines is 1. The number of hydrogen-bond donors (Lipinski definition) is 1. The number of fused-ring (bicyclic) bond motifs is 3. The van der Waals surface area contributed by atoms with Crippen LogP contribution < -0.4 is 10.1 Å². The van der Waals surface area contributed by atoms with Crippen LogP contribution in [0.5, 0.6) is 5.75 Å². The Balaban J connectivity index is 1.70. The van der Waals surface area contributed by atoms with Gasteiger partial charge in [0.05, 0.1) is 6.04 Å². The lowest BCUT2D eigenvalue weighted by atomic mass is 9.88. The Morgan fingerprint density at radius 1 is 1.04 bits per heavy atom. The summed E-state index contributed by atoms with van der Waals surface area (Å²) < 4.78 is 52.6. The molecule has 24 heavy (non-hydrogen) atoms. The van der Waals surface area contributed by atoms with Gasteiger partial charge in [0.25, 0.3) is 0 Å². The summed E-state index contributed by atoms with van der Waals surface area (Å²) in [6, 6.07) is 13.8. The van der Waals surface area contributed by atoms with Crippen LogP contribution in [0.15, 0.2) is 48.5 Å². The van der Waals surface area contributed by atoms with Crippen molar-refractivity contribution in [3.63, 3.8) is 0 Å². The molecule has 2 aromatic rings. The topological polar surface area (TPSA) is 39.7 Å². The average Bonchev–Trinajstić information content (AvgIpc) is 3.03. The molecule has 0 radical (unpaired) electrons. The van der Waals surface area contributed by atoms with Gasteiger partial charge in [0, 0.05) is 11.3 Å². The second kappa shape index (κ2) is 5.68. The monoisotopic (exact) mass is 337 g/mol. The fraction of sp³-hybridized carbons (Fsp3) is 0.294. The molecule has 0 amide bonds. The van der Waals surface area contributed by atoms with Gasteiger partial charge in [0.2, 0.25) is 0 Å². The van der Waals surface area contributed by atoms with Gasteiger partial charge in [-0.3, -0.25) is 0 Å². The molecule has 0 saturated carbocycles. The maximum absolute atomic E-state index is 12.4. The number of rotatable bonds is 2. The van der Waals surface area contributed by atoms with Crippen molar-refractivity contribution in [1.82, 2.24) is 0 Å². The number of alkyl halides is 3. The normalized spacial score (nSPS) is 25.5. The zero-order chi connectivity index (χ0) is 16.7. The lowest BCUT2D eigenvalue weighted by molar-refractivity contribution is -0.274. The van der Waals surface area contributed by atoms with Crippen LogP contribution in [-0.2, 0) is 9.47 Å². The van der Waals surface area contributed by atoms with Crippen LogP contribution in [-0.4, -0.2) is 19.3 Å². The van der Waals surface area contributed by atoms with E-state index in [1.54, 1.807) is 6.07 Å². The Hall–Kier alpha value is -2.25. The molecule has 0 aliphatic carbocycles. The standard InChI is InChI=1S/C17H14F3NO3/c18-17(19,20)24-11-6-7-13-12(8-11)15-16(23-9-22-15)14(21-13)10-4-2-1-3-5-10/h1-8,14-16,21H,9H2. The van der Waals surface area contributed by atoms with Gasteiger partial charge in [-0.2, -0.15) is 0 Å². The van der Waals surface area contributed by atoms with E-state index in [0.717, 1.165) is 5.56 Å². The summed E-state index contributed by atoms with van der Waals surface area (Å²) in [6.45, 7) is 0.101. The molecule has 2 heterocycles. The van der Waals surface area contributed by atoms with Crippen LogP contribution >= 0.6 is 0 Å². The number of hydrogen-bond acceptors (Lipinski definition) is 4. The van der Waals surface area contributed by atoms with E-state index < -0.39 is 12.5 Å². The van der Waals surface area contributed by atoms with E-state index in [2.05, 4.69) is 10.1 Å². The van der Waals surface area contributed by atoms with Crippen molar-refractivity contribution >= 4 is 5.69 Å². The number of ether oxygens (including phenoxy) is 3. The molecule has 0 aromatic heterocycles. The van der Waals surface area contributed by atoms with E-state index in [4.69, 9.17) is 9.47 Å². The van der Waals surface area contributed by atoms with Crippen molar-refractivity contribution in [3.8, 4) is 5.75 Å². The highest BCUT2D eigenvalue weighted by molar-refractivity contribution is 5.60. The molecule has 1 saturated heterocycles. The lowest BCUT2D eigenvalue weighted by Gasteiger charge is -2.35. The minimum atomic E-state index is -4.73. The van der Waals surface area contributed by atoms with Gasteiger partial charge in [-0.1, -0.05) is 30.3 Å². The first kappa shape index (κ1) is 15.3. The van der Waals surface area contributed by atoms with Crippen molar-refractivity contribution in [1.29, 1.82) is 0 Å². The average molecular weight is 337 g/mol. The first-order chi connectivity index (χ1) is 11.5. The van der Waals surface area contributed by atoms with Crippen LogP contribution in [0, 0.1) is 0 Å². The summed E-state index contributed by atoms with van der Waals surface area (Å²) >= 11 is 0. The first-order valence-corrected chi connectivity index (χ1v) is 7.46. The fourth-order valence-corrected chi connectivity index (χ4v) is 3.20. The van der Waals surface area contributed by atoms with Crippen molar-refractivity contribution in [2.75, 3.05) is 12.1 Å². The van der Waals surface area contributed by atoms with Crippen molar-refractivity contribution < 1.29 is 27.4 Å². The van der Waals surface area contributed by atoms with E-state index in [-0.39, 0.29) is 24.7 Å². The molecule has 7 heteroatoms. The van der Waals surface area contributed by atoms with Gasteiger partial charge in [-0.05, 0) is 23.8 Å². The molecule has 126 valence electrons. The number of nitrogens with one attached hydrogen (secondary N) is 1. The molecular formula is C17H14F3NO3. The van der Waals surface area contributed by atoms with Crippen LogP contribution in [0.2, 0.25) is 0 Å². The minimum absolute atomic E-state index is 0.101. The zero-order valence-electron chi connectivity index (χ0n) is 12.4. The predicted molar refractivity (Wildman–Crippen MR) is 79.5 cm³/mol. The molecular weight excluding hydrogens is 323 g/mol. The molecule has 4 rings (SSSR count). The molecule has 2 aromatic carbocycles. The van der Waals surface area contributed by atoms with Gasteiger partial charge < -0.3 is 19.5 Å². The second-order valence-corrected chi connectivity index (χ2v) is 5.67. The lowest BCUT2D eigenvalue weighted by Crippen LogP contribution is -2.34. The molecule has 3 atom stereocenters. The summed E-state index contributed by atoms with van der Waals surface area (Å²) in [7, 11) is 0. The summed E-state index contributed by atoms with van der Waals surface area (Å²) in [5.41, 5.74) is 2.34. The SMILES string of the molecule is FC(F)(F)Oc1ccc2c(c1)C1OCOC1C(c1ccccc1)N2. The summed E-state index contributed by atoms with van der Waals surface area (Å²) in [4.78, 5) is 0. The van der Waals surface area contributed by atoms with Crippen LogP contribution in [0.4, 0.5) is 18.9 Å². The van der Waals surface area contributed by atoms with E-state index in [1.165, 1.54) is 12.1 Å². The highest BCUT2D eigenvalue weighted by atomic mass is 19.4. The largest absolute Gasteiger partial charge is 0.573 e. The molecule has 1 N–H and O–H groups in total. The van der Waals surface area contributed by atoms with Crippen LogP contribution in [0.3, 0.4) is 0 Å². The van der Waals surface area contributed by atoms with Gasteiger partial charge in [-0.15, -0.1) is 13.2 Å². The van der Waals surface area contributed by atoms with Crippen molar-refractivity contribution in [2.24, 2.45) is 0 Å². The van der Waals surface area contributed by atoms with E-state index in [9.17, 15) is 13.2 Å². The highest BCUT2D eigenvalue weighted by Crippen LogP contribution is 2.46. The van der Waals surface area contributed by atoms with Gasteiger partial charge in [0.15, 0.2) is 0 Å². The Kier molecular flexibility index (Phi) is 3.62. The molecule has 0 bridgehead atoms. The zero-order valence-corrected chi connectivity index (χ0v) is 12.4. The number of benzene rings is 2. The molecule has 3 unspecified atom stereocenters. The Labute approximate surface area is 136 Å². The van der Waals surface area contributed by atoms with Gasteiger partial charge >= 0.3 is 6.36 Å². The van der Waals surface area contributed by atoms with Gasteiger partial charge in [0.1, 0.15) is 24.8 Å². The summed E-state index contributed by atoms with van der Waals surface area (Å²) in [6.07, 6.45) is -5.49. The maximum atomic E-state index is 12.4. The highest BCUT2D eigenvalue weighted by Gasteiger charge is 2.43. The third kappa shape index (κ3) is 2.81. The summed E-state index contributed by atoms with van der Waals surface area (Å²) in [5, 5.41) is 3.33. The quantitative estimate of drug-likeness (QED) is 0.893. The van der Waals surface area contributed by atoms with Gasteiger partial charge in [-0.25, -0.2) is 0 Å². The van der Waals surface area contributed by atoms with Crippen molar-refractivity contribution in [3.05, 3.63) is 59.7 Å². The third-order valence-electron chi connectivity index (χ3n) is 4.17. The second-order valence-electron chi connectivity index (χ2n) is 5.67. The van der Waals surface area contributed by atoms with Crippen LogP contribution in [0.1, 0.15) is 23.3 Å². The Morgan fingerprint density at radius 2 is 1.83 bits per heavy atom. The Bertz CT molecular complexity index is 736. The van der Waals surface area contributed by atoms with E-state index in [1.807, 2.05) is 30.3 Å². The predicted octanol–water partition coefficient (Wildman–Crippen LogP) is 4.17. The van der Waals surface area contributed by atoms with E-state index >= 15 is 0 Å². The third-order valence-corrected chi connectivity index (χ3v) is 4.17. The molecule has 0 spiro atoms. The van der Waals surface area contributed by atoms with E-state index in [0.29, 0.717) is 11.3 Å². The molecule has 2 aliphatic heterocycles. The molecule has 4 nitrogen and oxygen atoms in total. The smallest absolute Gasteiger partial charge is 0.406 e. The fourth-order valence-electron chi connectivity index (χ4n) is 3.20. The Morgan fingerprint density at radius 3 is 2.58 bits per heavy atom. The minimum Gasteiger partial charge on any atom is -0.406 e. The van der Waals surface area contributed by atoms with Crippen LogP contribution in [0.25, 0.3) is 0 Å². The first-order valence-electron chi connectivity index (χ1n) is 7.46. The molecule has 1 fully saturated rings. The van der Waals surface area contributed by atoms with Crippen molar-refractivity contribution in [2.45, 2.75) is 24.6 Å². The number of halogens is 3. The molecule has 2 aliphatic rings. The maximum Gasteiger partial charge on any atom is 0.573 e.